The summed E-state index contributed by atoms with van der Waals surface area (Å²) in [6, 6.07) is 11.0. The first-order valence-corrected chi connectivity index (χ1v) is 8.81. The number of methoxy groups -OCH3 is 1. The van der Waals surface area contributed by atoms with Gasteiger partial charge in [0, 0.05) is 18.7 Å². The second-order valence-electron chi connectivity index (χ2n) is 6.69. The molecule has 5 nitrogen and oxygen atoms in total. The number of alkyl halides is 3. The highest BCUT2D eigenvalue weighted by molar-refractivity contribution is 5.55. The van der Waals surface area contributed by atoms with Crippen LogP contribution in [0.2, 0.25) is 0 Å². The van der Waals surface area contributed by atoms with Crippen molar-refractivity contribution in [1.29, 1.82) is 0 Å². The number of ether oxygens (including phenoxy) is 1. The van der Waals surface area contributed by atoms with Gasteiger partial charge in [0.05, 0.1) is 19.2 Å². The molecule has 1 aliphatic heterocycles. The lowest BCUT2D eigenvalue weighted by Gasteiger charge is -2.27. The third-order valence-corrected chi connectivity index (χ3v) is 4.78. The zero-order valence-electron chi connectivity index (χ0n) is 15.2. The Balaban J connectivity index is 1.48. The normalized spacial score (nSPS) is 14.7. The van der Waals surface area contributed by atoms with Gasteiger partial charge in [0.2, 0.25) is 11.7 Å². The Labute approximate surface area is 159 Å². The Bertz CT molecular complexity index is 985. The van der Waals surface area contributed by atoms with Crippen LogP contribution in [0.5, 0.6) is 5.75 Å². The Morgan fingerprint density at radius 2 is 2.00 bits per heavy atom. The zero-order chi connectivity index (χ0) is 19.7. The summed E-state index contributed by atoms with van der Waals surface area (Å²) in [5, 5.41) is 3.85. The first-order chi connectivity index (χ1) is 13.4. The molecule has 146 valence electrons. The van der Waals surface area contributed by atoms with E-state index in [1.807, 2.05) is 12.1 Å². The maximum absolute atomic E-state index is 12.9. The monoisotopic (exact) mass is 389 g/mol. The van der Waals surface area contributed by atoms with Gasteiger partial charge in [-0.15, -0.1) is 0 Å². The summed E-state index contributed by atoms with van der Waals surface area (Å²) in [4.78, 5) is 6.43. The molecule has 0 amide bonds. The maximum atomic E-state index is 12.9. The first-order valence-electron chi connectivity index (χ1n) is 8.81. The van der Waals surface area contributed by atoms with E-state index in [4.69, 9.17) is 9.26 Å². The Kier molecular flexibility index (Phi) is 4.80. The fourth-order valence-corrected chi connectivity index (χ4v) is 3.32. The average molecular weight is 389 g/mol. The molecule has 1 aliphatic rings. The molecule has 0 atom stereocenters. The van der Waals surface area contributed by atoms with E-state index < -0.39 is 11.7 Å². The van der Waals surface area contributed by atoms with Crippen LogP contribution in [-0.4, -0.2) is 28.7 Å². The van der Waals surface area contributed by atoms with Crippen molar-refractivity contribution in [3.8, 4) is 17.1 Å². The van der Waals surface area contributed by atoms with Gasteiger partial charge in [-0.2, -0.15) is 18.2 Å². The highest BCUT2D eigenvalue weighted by Gasteiger charge is 2.31. The average Bonchev–Trinajstić information content (AvgIpc) is 3.15. The zero-order valence-corrected chi connectivity index (χ0v) is 15.2. The third-order valence-electron chi connectivity index (χ3n) is 4.78. The van der Waals surface area contributed by atoms with Gasteiger partial charge in [0.1, 0.15) is 5.75 Å². The van der Waals surface area contributed by atoms with Gasteiger partial charge in [-0.25, -0.2) is 0 Å². The molecule has 0 saturated heterocycles. The molecular formula is C20H18F3N3O2. The highest BCUT2D eigenvalue weighted by atomic mass is 19.4. The van der Waals surface area contributed by atoms with Crippen LogP contribution in [0.4, 0.5) is 13.2 Å². The van der Waals surface area contributed by atoms with Crippen molar-refractivity contribution in [3.05, 3.63) is 65.0 Å². The van der Waals surface area contributed by atoms with Crippen molar-refractivity contribution in [1.82, 2.24) is 15.0 Å². The summed E-state index contributed by atoms with van der Waals surface area (Å²) < 4.78 is 49.2. The van der Waals surface area contributed by atoms with Crippen LogP contribution < -0.4 is 4.74 Å². The standard InChI is InChI=1S/C20H18F3N3O2/c1-27-17-6-5-13-7-8-26(11-15(13)10-17)12-18-24-19(25-28-18)14-3-2-4-16(9-14)20(21,22)23/h2-6,9-10H,7-8,11-12H2,1H3. The van der Waals surface area contributed by atoms with Crippen molar-refractivity contribution < 1.29 is 22.4 Å². The molecule has 2 aromatic carbocycles. The van der Waals surface area contributed by atoms with Crippen LogP contribution in [-0.2, 0) is 25.7 Å². The molecule has 0 radical (unpaired) electrons. The molecule has 28 heavy (non-hydrogen) atoms. The minimum Gasteiger partial charge on any atom is -0.497 e. The second kappa shape index (κ2) is 7.27. The molecule has 0 bridgehead atoms. The van der Waals surface area contributed by atoms with Gasteiger partial charge < -0.3 is 9.26 Å². The van der Waals surface area contributed by atoms with Gasteiger partial charge >= 0.3 is 6.18 Å². The number of hydrogen-bond donors (Lipinski definition) is 0. The summed E-state index contributed by atoms with van der Waals surface area (Å²) >= 11 is 0. The van der Waals surface area contributed by atoms with Crippen LogP contribution in [0.1, 0.15) is 22.6 Å². The summed E-state index contributed by atoms with van der Waals surface area (Å²) in [5.41, 5.74) is 2.01. The summed E-state index contributed by atoms with van der Waals surface area (Å²) in [5.74, 6) is 1.34. The van der Waals surface area contributed by atoms with Crippen molar-refractivity contribution in [3.63, 3.8) is 0 Å². The largest absolute Gasteiger partial charge is 0.497 e. The van der Waals surface area contributed by atoms with E-state index in [9.17, 15) is 13.2 Å². The second-order valence-corrected chi connectivity index (χ2v) is 6.69. The van der Waals surface area contributed by atoms with Crippen LogP contribution in [0.25, 0.3) is 11.4 Å². The predicted octanol–water partition coefficient (Wildman–Crippen LogP) is 4.32. The fraction of sp³-hybridized carbons (Fsp3) is 0.300. The van der Waals surface area contributed by atoms with Crippen molar-refractivity contribution in [2.75, 3.05) is 13.7 Å². The van der Waals surface area contributed by atoms with Crippen LogP contribution >= 0.6 is 0 Å². The van der Waals surface area contributed by atoms with Crippen molar-refractivity contribution >= 4 is 0 Å². The fourth-order valence-electron chi connectivity index (χ4n) is 3.32. The number of aromatic nitrogens is 2. The minimum atomic E-state index is -4.41. The molecular weight excluding hydrogens is 371 g/mol. The number of nitrogens with zero attached hydrogens (tertiary/aromatic N) is 3. The molecule has 1 aromatic heterocycles. The Morgan fingerprint density at radius 1 is 1.14 bits per heavy atom. The number of hydrogen-bond acceptors (Lipinski definition) is 5. The third kappa shape index (κ3) is 3.87. The summed E-state index contributed by atoms with van der Waals surface area (Å²) in [6.45, 7) is 1.98. The Hall–Kier alpha value is -2.87. The van der Waals surface area contributed by atoms with Crippen LogP contribution in [0, 0.1) is 0 Å². The molecule has 8 heteroatoms. The van der Waals surface area contributed by atoms with E-state index in [2.05, 4.69) is 21.1 Å². The molecule has 0 unspecified atom stereocenters. The quantitative estimate of drug-likeness (QED) is 0.665. The molecule has 4 rings (SSSR count). The molecule has 0 aliphatic carbocycles. The maximum Gasteiger partial charge on any atom is 0.416 e. The number of benzene rings is 2. The molecule has 0 N–H and O–H groups in total. The lowest BCUT2D eigenvalue weighted by molar-refractivity contribution is -0.137. The predicted molar refractivity (Wildman–Crippen MR) is 95.5 cm³/mol. The molecule has 0 spiro atoms. The van der Waals surface area contributed by atoms with E-state index in [-0.39, 0.29) is 11.4 Å². The summed E-state index contributed by atoms with van der Waals surface area (Å²) in [7, 11) is 1.63. The molecule has 0 saturated carbocycles. The molecule has 0 fully saturated rings. The summed E-state index contributed by atoms with van der Waals surface area (Å²) in [6.07, 6.45) is -3.52. The van der Waals surface area contributed by atoms with Gasteiger partial charge in [-0.1, -0.05) is 23.4 Å². The van der Waals surface area contributed by atoms with E-state index in [0.29, 0.717) is 19.0 Å². The molecule has 2 heterocycles. The number of rotatable bonds is 4. The minimum absolute atomic E-state index is 0.153. The van der Waals surface area contributed by atoms with Crippen LogP contribution in [0.3, 0.4) is 0 Å². The van der Waals surface area contributed by atoms with E-state index in [1.54, 1.807) is 7.11 Å². The first kappa shape index (κ1) is 18.5. The topological polar surface area (TPSA) is 51.4 Å². The molecule has 3 aromatic rings. The van der Waals surface area contributed by atoms with Gasteiger partial charge in [-0.05, 0) is 41.8 Å². The van der Waals surface area contributed by atoms with Crippen molar-refractivity contribution in [2.24, 2.45) is 0 Å². The Morgan fingerprint density at radius 3 is 2.79 bits per heavy atom. The van der Waals surface area contributed by atoms with E-state index >= 15 is 0 Å². The van der Waals surface area contributed by atoms with E-state index in [0.717, 1.165) is 30.8 Å². The smallest absolute Gasteiger partial charge is 0.416 e. The van der Waals surface area contributed by atoms with Gasteiger partial charge in [-0.3, -0.25) is 4.90 Å². The van der Waals surface area contributed by atoms with E-state index in [1.165, 1.54) is 23.3 Å². The lowest BCUT2D eigenvalue weighted by atomic mass is 9.99. The highest BCUT2D eigenvalue weighted by Crippen LogP contribution is 2.31. The van der Waals surface area contributed by atoms with Crippen LogP contribution in [0.15, 0.2) is 47.0 Å². The number of halogens is 3. The number of fused-ring (bicyclic) bond motifs is 1. The van der Waals surface area contributed by atoms with Gasteiger partial charge in [0.25, 0.3) is 0 Å². The SMILES string of the molecule is COc1ccc2c(c1)CN(Cc1nc(-c3cccc(C(F)(F)F)c3)no1)CC2. The van der Waals surface area contributed by atoms with Crippen molar-refractivity contribution in [2.45, 2.75) is 25.7 Å². The lowest BCUT2D eigenvalue weighted by Crippen LogP contribution is -2.30. The van der Waals surface area contributed by atoms with Gasteiger partial charge in [0.15, 0.2) is 0 Å².